The van der Waals surface area contributed by atoms with Crippen LogP contribution in [0.15, 0.2) is 41.0 Å². The van der Waals surface area contributed by atoms with Crippen molar-refractivity contribution in [2.45, 2.75) is 39.4 Å². The Bertz CT molecular complexity index is 901. The van der Waals surface area contributed by atoms with Gasteiger partial charge in [-0.3, -0.25) is 0 Å². The van der Waals surface area contributed by atoms with Crippen molar-refractivity contribution in [2.24, 2.45) is 0 Å². The number of urea groups is 1. The van der Waals surface area contributed by atoms with Crippen LogP contribution < -0.4 is 14.2 Å². The summed E-state index contributed by atoms with van der Waals surface area (Å²) in [6.45, 7) is 6.14. The maximum Gasteiger partial charge on any atom is 0.318 e. The molecule has 1 heterocycles. The zero-order valence-electron chi connectivity index (χ0n) is 16.7. The molecular weight excluding hydrogens is 384 g/mol. The number of furan rings is 1. The molecule has 2 aromatic rings. The summed E-state index contributed by atoms with van der Waals surface area (Å²) in [5.41, 5.74) is 0.262. The normalized spacial score (nSPS) is 11.8. The molecule has 0 bridgehead atoms. The van der Waals surface area contributed by atoms with E-state index in [0.29, 0.717) is 11.3 Å². The number of carbonyl (C=O) groups is 1. The average Bonchev–Trinajstić information content (AvgIpc) is 3.04. The number of hydrogen-bond acceptors (Lipinski definition) is 6. The van der Waals surface area contributed by atoms with Crippen LogP contribution in [0.1, 0.15) is 32.1 Å². The molecule has 0 radical (unpaired) electrons. The summed E-state index contributed by atoms with van der Waals surface area (Å²) in [5.74, 6) is 0.979. The molecule has 0 atom stereocenters. The van der Waals surface area contributed by atoms with Crippen molar-refractivity contribution in [3.63, 3.8) is 0 Å². The molecule has 0 unspecified atom stereocenters. The van der Waals surface area contributed by atoms with Crippen molar-refractivity contribution in [2.75, 3.05) is 13.4 Å². The molecule has 0 fully saturated rings. The average molecular weight is 410 g/mol. The van der Waals surface area contributed by atoms with Gasteiger partial charge >= 0.3 is 16.1 Å². The quantitative estimate of drug-likeness (QED) is 0.704. The SMILES string of the molecule is COc1ccc(CN(Cc2ccco2)C(=O)NC(C)(C)C)cc1OS(C)(=O)=O. The van der Waals surface area contributed by atoms with Crippen LogP contribution in [0.25, 0.3) is 0 Å². The van der Waals surface area contributed by atoms with Gasteiger partial charge in [0.15, 0.2) is 11.5 Å². The molecule has 0 spiro atoms. The Morgan fingerprint density at radius 1 is 1.18 bits per heavy atom. The van der Waals surface area contributed by atoms with Crippen molar-refractivity contribution in [3.8, 4) is 11.5 Å². The summed E-state index contributed by atoms with van der Waals surface area (Å²) < 4.78 is 38.5. The zero-order chi connectivity index (χ0) is 20.9. The van der Waals surface area contributed by atoms with Crippen LogP contribution in [0.5, 0.6) is 11.5 Å². The Kier molecular flexibility index (Phi) is 6.60. The highest BCUT2D eigenvalue weighted by Gasteiger charge is 2.22. The monoisotopic (exact) mass is 410 g/mol. The fourth-order valence-corrected chi connectivity index (χ4v) is 2.91. The van der Waals surface area contributed by atoms with Gasteiger partial charge in [-0.05, 0) is 50.6 Å². The molecule has 28 heavy (non-hydrogen) atoms. The molecule has 1 aromatic heterocycles. The van der Waals surface area contributed by atoms with E-state index >= 15 is 0 Å². The third-order valence-corrected chi connectivity index (χ3v) is 4.02. The maximum atomic E-state index is 12.7. The van der Waals surface area contributed by atoms with Crippen molar-refractivity contribution in [1.82, 2.24) is 10.2 Å². The second-order valence-corrected chi connectivity index (χ2v) is 8.96. The summed E-state index contributed by atoms with van der Waals surface area (Å²) in [7, 11) is -2.30. The van der Waals surface area contributed by atoms with E-state index in [0.717, 1.165) is 6.26 Å². The van der Waals surface area contributed by atoms with E-state index in [-0.39, 0.29) is 30.6 Å². The Labute approximate surface area is 165 Å². The smallest absolute Gasteiger partial charge is 0.318 e. The molecule has 1 aromatic carbocycles. The molecule has 0 aliphatic carbocycles. The van der Waals surface area contributed by atoms with Crippen LogP contribution in [0.3, 0.4) is 0 Å². The first-order valence-electron chi connectivity index (χ1n) is 8.63. The second kappa shape index (κ2) is 8.55. The predicted octanol–water partition coefficient (Wildman–Crippen LogP) is 3.14. The zero-order valence-corrected chi connectivity index (χ0v) is 17.5. The summed E-state index contributed by atoms with van der Waals surface area (Å²) in [4.78, 5) is 14.3. The Morgan fingerprint density at radius 2 is 1.89 bits per heavy atom. The highest BCUT2D eigenvalue weighted by atomic mass is 32.2. The molecule has 0 aliphatic rings. The Hall–Kier alpha value is -2.68. The van der Waals surface area contributed by atoms with Gasteiger partial charge in [0.1, 0.15) is 5.76 Å². The van der Waals surface area contributed by atoms with Gasteiger partial charge in [-0.15, -0.1) is 0 Å². The number of carbonyl (C=O) groups excluding carboxylic acids is 1. The summed E-state index contributed by atoms with van der Waals surface area (Å²) in [6, 6.07) is 8.14. The lowest BCUT2D eigenvalue weighted by atomic mass is 10.1. The largest absolute Gasteiger partial charge is 0.493 e. The molecule has 2 rings (SSSR count). The van der Waals surface area contributed by atoms with Crippen molar-refractivity contribution in [3.05, 3.63) is 47.9 Å². The van der Waals surface area contributed by atoms with Gasteiger partial charge in [0.25, 0.3) is 0 Å². The fourth-order valence-electron chi connectivity index (χ4n) is 2.46. The Morgan fingerprint density at radius 3 is 2.43 bits per heavy atom. The number of rotatable bonds is 7. The first-order valence-corrected chi connectivity index (χ1v) is 10.4. The van der Waals surface area contributed by atoms with E-state index < -0.39 is 15.7 Å². The standard InChI is InChI=1S/C19H26N2O6S/c1-19(2,3)20-18(22)21(13-15-7-6-10-26-15)12-14-8-9-16(25-4)17(11-14)27-28(5,23)24/h6-11H,12-13H2,1-5H3,(H,20,22). The summed E-state index contributed by atoms with van der Waals surface area (Å²) in [6.07, 6.45) is 2.50. The van der Waals surface area contributed by atoms with Gasteiger partial charge in [0.2, 0.25) is 0 Å². The van der Waals surface area contributed by atoms with Gasteiger partial charge in [0, 0.05) is 12.1 Å². The van der Waals surface area contributed by atoms with Crippen molar-refractivity contribution < 1.29 is 26.5 Å². The minimum Gasteiger partial charge on any atom is -0.493 e. The molecule has 8 nitrogen and oxygen atoms in total. The maximum absolute atomic E-state index is 12.7. The van der Waals surface area contributed by atoms with Crippen LogP contribution in [0, 0.1) is 0 Å². The molecule has 154 valence electrons. The topological polar surface area (TPSA) is 98.1 Å². The van der Waals surface area contributed by atoms with Crippen LogP contribution in [0.4, 0.5) is 4.79 Å². The molecule has 2 amide bonds. The second-order valence-electron chi connectivity index (χ2n) is 7.39. The van der Waals surface area contributed by atoms with Gasteiger partial charge in [-0.25, -0.2) is 4.79 Å². The molecule has 0 saturated carbocycles. The number of amides is 2. The minimum atomic E-state index is -3.72. The molecule has 9 heteroatoms. The number of benzene rings is 1. The first kappa shape index (κ1) is 21.6. The molecule has 0 aliphatic heterocycles. The van der Waals surface area contributed by atoms with Gasteiger partial charge in [-0.1, -0.05) is 6.07 Å². The number of nitrogens with one attached hydrogen (secondary N) is 1. The van der Waals surface area contributed by atoms with Crippen LogP contribution in [0.2, 0.25) is 0 Å². The predicted molar refractivity (Wildman–Crippen MR) is 105 cm³/mol. The number of methoxy groups -OCH3 is 1. The van der Waals surface area contributed by atoms with Gasteiger partial charge in [0.05, 0.1) is 26.2 Å². The minimum absolute atomic E-state index is 0.0664. The lowest BCUT2D eigenvalue weighted by Gasteiger charge is -2.28. The highest BCUT2D eigenvalue weighted by molar-refractivity contribution is 7.86. The van der Waals surface area contributed by atoms with E-state index in [4.69, 9.17) is 13.3 Å². The third kappa shape index (κ3) is 6.80. The highest BCUT2D eigenvalue weighted by Crippen LogP contribution is 2.30. The first-order chi connectivity index (χ1) is 13.0. The summed E-state index contributed by atoms with van der Waals surface area (Å²) >= 11 is 0. The van der Waals surface area contributed by atoms with E-state index in [9.17, 15) is 13.2 Å². The van der Waals surface area contributed by atoms with Crippen LogP contribution in [-0.4, -0.2) is 38.3 Å². The molecule has 1 N–H and O–H groups in total. The summed E-state index contributed by atoms with van der Waals surface area (Å²) in [5, 5.41) is 2.92. The van der Waals surface area contributed by atoms with Crippen molar-refractivity contribution >= 4 is 16.1 Å². The number of nitrogens with zero attached hydrogens (tertiary/aromatic N) is 1. The van der Waals surface area contributed by atoms with Gasteiger partial charge < -0.3 is 23.6 Å². The molecular formula is C19H26N2O6S. The fraction of sp³-hybridized carbons (Fsp3) is 0.421. The number of hydrogen-bond donors (Lipinski definition) is 1. The number of ether oxygens (including phenoxy) is 1. The van der Waals surface area contributed by atoms with Crippen molar-refractivity contribution in [1.29, 1.82) is 0 Å². The third-order valence-electron chi connectivity index (χ3n) is 3.54. The van der Waals surface area contributed by atoms with E-state index in [2.05, 4.69) is 5.32 Å². The van der Waals surface area contributed by atoms with Crippen LogP contribution >= 0.6 is 0 Å². The molecule has 0 saturated heterocycles. The lowest BCUT2D eigenvalue weighted by Crippen LogP contribution is -2.47. The van der Waals surface area contributed by atoms with E-state index in [1.165, 1.54) is 7.11 Å². The van der Waals surface area contributed by atoms with E-state index in [1.54, 1.807) is 41.5 Å². The van der Waals surface area contributed by atoms with Crippen LogP contribution in [-0.2, 0) is 23.2 Å². The van der Waals surface area contributed by atoms with Gasteiger partial charge in [-0.2, -0.15) is 8.42 Å². The lowest BCUT2D eigenvalue weighted by molar-refractivity contribution is 0.178. The van der Waals surface area contributed by atoms with E-state index in [1.807, 2.05) is 20.8 Å². The Balaban J connectivity index is 2.29.